The molecule has 1 unspecified atom stereocenters. The standard InChI is InChI=1S/C3H9P.FH/c1-2-3-4;/h2-4H2,1H3;1H. The molecule has 0 aliphatic rings. The van der Waals surface area contributed by atoms with Crippen molar-refractivity contribution >= 4 is 9.24 Å². The summed E-state index contributed by atoms with van der Waals surface area (Å²) in [6.45, 7) is 2.16. The summed E-state index contributed by atoms with van der Waals surface area (Å²) >= 11 is 0. The molecule has 0 radical (unpaired) electrons. The summed E-state index contributed by atoms with van der Waals surface area (Å²) in [7, 11) is 2.66. The molecule has 0 N–H and O–H groups in total. The third kappa shape index (κ3) is 13.1. The molecule has 0 fully saturated rings. The first-order valence-electron chi connectivity index (χ1n) is 1.62. The van der Waals surface area contributed by atoms with Crippen LogP contribution in [0.25, 0.3) is 0 Å². The largest absolute Gasteiger partial charge is 0.269 e. The zero-order valence-corrected chi connectivity index (χ0v) is 4.55. The molecule has 0 saturated heterocycles. The molecule has 0 nitrogen and oxygen atoms in total. The molecular weight excluding hydrogens is 86.0 g/mol. The summed E-state index contributed by atoms with van der Waals surface area (Å²) in [5, 5.41) is 0. The maximum absolute atomic E-state index is 2.66. The van der Waals surface area contributed by atoms with Crippen molar-refractivity contribution in [1.29, 1.82) is 0 Å². The summed E-state index contributed by atoms with van der Waals surface area (Å²) < 4.78 is 0. The molecule has 2 heteroatoms. The highest BCUT2D eigenvalue weighted by molar-refractivity contribution is 7.16. The highest BCUT2D eigenvalue weighted by Gasteiger charge is 1.56. The molecule has 0 amide bonds. The molecule has 34 valence electrons. The van der Waals surface area contributed by atoms with Gasteiger partial charge >= 0.3 is 0 Å². The van der Waals surface area contributed by atoms with Crippen molar-refractivity contribution in [1.82, 2.24) is 0 Å². The second kappa shape index (κ2) is 8.84. The van der Waals surface area contributed by atoms with E-state index in [1.807, 2.05) is 0 Å². The summed E-state index contributed by atoms with van der Waals surface area (Å²) in [5.41, 5.74) is 0. The molecular formula is C3H10FP. The van der Waals surface area contributed by atoms with Crippen LogP contribution in [0.1, 0.15) is 13.3 Å². The Morgan fingerprint density at radius 1 is 1.60 bits per heavy atom. The fourth-order valence-electron chi connectivity index (χ4n) is 0. The molecule has 0 aromatic heterocycles. The summed E-state index contributed by atoms with van der Waals surface area (Å²) in [4.78, 5) is 0. The minimum absolute atomic E-state index is 0. The van der Waals surface area contributed by atoms with Crippen LogP contribution in [0.15, 0.2) is 0 Å². The average Bonchev–Trinajstić information content (AvgIpc) is 1.37. The first-order valence-corrected chi connectivity index (χ1v) is 2.43. The topological polar surface area (TPSA) is 0 Å². The van der Waals surface area contributed by atoms with E-state index in [1.54, 1.807) is 0 Å². The van der Waals surface area contributed by atoms with Crippen LogP contribution in [0.4, 0.5) is 4.70 Å². The van der Waals surface area contributed by atoms with E-state index in [-0.39, 0.29) is 4.70 Å². The first kappa shape index (κ1) is 9.03. The van der Waals surface area contributed by atoms with Gasteiger partial charge in [-0.05, 0) is 6.16 Å². The van der Waals surface area contributed by atoms with Crippen molar-refractivity contribution in [3.63, 3.8) is 0 Å². The molecule has 0 aromatic carbocycles. The van der Waals surface area contributed by atoms with E-state index in [9.17, 15) is 0 Å². The van der Waals surface area contributed by atoms with Crippen molar-refractivity contribution < 1.29 is 4.70 Å². The van der Waals surface area contributed by atoms with Gasteiger partial charge in [0.05, 0.1) is 0 Å². The van der Waals surface area contributed by atoms with Crippen molar-refractivity contribution in [2.45, 2.75) is 13.3 Å². The van der Waals surface area contributed by atoms with Gasteiger partial charge in [0.1, 0.15) is 0 Å². The van der Waals surface area contributed by atoms with E-state index < -0.39 is 0 Å². The summed E-state index contributed by atoms with van der Waals surface area (Å²) in [6, 6.07) is 0. The van der Waals surface area contributed by atoms with Gasteiger partial charge in [-0.2, -0.15) is 0 Å². The van der Waals surface area contributed by atoms with Crippen LogP contribution >= 0.6 is 9.24 Å². The lowest BCUT2D eigenvalue weighted by Crippen LogP contribution is -1.54. The minimum Gasteiger partial charge on any atom is -0.269 e. The number of rotatable bonds is 1. The van der Waals surface area contributed by atoms with E-state index in [0.29, 0.717) is 0 Å². The van der Waals surface area contributed by atoms with Gasteiger partial charge in [0.25, 0.3) is 0 Å². The molecule has 0 spiro atoms. The highest BCUT2D eigenvalue weighted by Crippen LogP contribution is 1.80. The fourth-order valence-corrected chi connectivity index (χ4v) is 0. The van der Waals surface area contributed by atoms with Crippen LogP contribution in [0.5, 0.6) is 0 Å². The van der Waals surface area contributed by atoms with E-state index in [2.05, 4.69) is 16.2 Å². The lowest BCUT2D eigenvalue weighted by molar-refractivity contribution is 1.11. The molecule has 0 rings (SSSR count). The Balaban J connectivity index is 0. The molecule has 5 heavy (non-hydrogen) atoms. The van der Waals surface area contributed by atoms with Crippen LogP contribution in [0, 0.1) is 0 Å². The predicted octanol–water partition coefficient (Wildman–Crippen LogP) is 1.42. The Labute approximate surface area is 34.5 Å². The molecule has 0 aliphatic heterocycles. The third-order valence-corrected chi connectivity index (χ3v) is 0.866. The highest BCUT2D eigenvalue weighted by atomic mass is 31.0. The zero-order chi connectivity index (χ0) is 3.41. The van der Waals surface area contributed by atoms with E-state index >= 15 is 0 Å². The van der Waals surface area contributed by atoms with Crippen LogP contribution in [-0.2, 0) is 0 Å². The second-order valence-electron chi connectivity index (χ2n) is 0.789. The summed E-state index contributed by atoms with van der Waals surface area (Å²) in [5.74, 6) is 0. The van der Waals surface area contributed by atoms with E-state index in [0.717, 1.165) is 0 Å². The average molecular weight is 96.1 g/mol. The monoisotopic (exact) mass is 96.1 g/mol. The van der Waals surface area contributed by atoms with Crippen LogP contribution in [0.2, 0.25) is 0 Å². The van der Waals surface area contributed by atoms with Gasteiger partial charge in [0, 0.05) is 0 Å². The molecule has 1 atom stereocenters. The van der Waals surface area contributed by atoms with Gasteiger partial charge in [-0.1, -0.05) is 13.3 Å². The second-order valence-corrected chi connectivity index (χ2v) is 1.37. The fraction of sp³-hybridized carbons (Fsp3) is 1.00. The normalized spacial score (nSPS) is 6.00. The lowest BCUT2D eigenvalue weighted by atomic mass is 10.6. The van der Waals surface area contributed by atoms with Crippen LogP contribution in [0.3, 0.4) is 0 Å². The van der Waals surface area contributed by atoms with Gasteiger partial charge in [-0.3, -0.25) is 4.70 Å². The maximum atomic E-state index is 2.66. The smallest absolute Gasteiger partial charge is 0.0384 e. The van der Waals surface area contributed by atoms with E-state index in [1.165, 1.54) is 12.6 Å². The molecule has 0 aliphatic carbocycles. The Bertz CT molecular complexity index is 8.85. The number of hydrogen-bond acceptors (Lipinski definition) is 0. The Morgan fingerprint density at radius 2 is 1.80 bits per heavy atom. The Kier molecular flexibility index (Phi) is 16.0. The maximum Gasteiger partial charge on any atom is -0.0384 e. The van der Waals surface area contributed by atoms with Gasteiger partial charge < -0.3 is 0 Å². The SMILES string of the molecule is CCCP.F. The van der Waals surface area contributed by atoms with Crippen molar-refractivity contribution in [3.05, 3.63) is 0 Å². The summed E-state index contributed by atoms with van der Waals surface area (Å²) in [6.07, 6.45) is 2.52. The molecule has 0 saturated carbocycles. The Hall–Kier alpha value is 0.360. The quantitative estimate of drug-likeness (QED) is 0.433. The number of hydrogen-bond donors (Lipinski definition) is 0. The third-order valence-electron chi connectivity index (χ3n) is 0.289. The Morgan fingerprint density at radius 3 is 1.80 bits per heavy atom. The van der Waals surface area contributed by atoms with Crippen molar-refractivity contribution in [3.8, 4) is 0 Å². The predicted molar refractivity (Wildman–Crippen MR) is 27.4 cm³/mol. The van der Waals surface area contributed by atoms with Crippen molar-refractivity contribution in [2.75, 3.05) is 6.16 Å². The van der Waals surface area contributed by atoms with Crippen molar-refractivity contribution in [2.24, 2.45) is 0 Å². The minimum atomic E-state index is 0. The molecule has 0 heterocycles. The van der Waals surface area contributed by atoms with Gasteiger partial charge in [-0.25, -0.2) is 0 Å². The van der Waals surface area contributed by atoms with E-state index in [4.69, 9.17) is 0 Å². The van der Waals surface area contributed by atoms with Gasteiger partial charge in [0.15, 0.2) is 0 Å². The van der Waals surface area contributed by atoms with Crippen LogP contribution < -0.4 is 0 Å². The number of halogens is 1. The van der Waals surface area contributed by atoms with Gasteiger partial charge in [0.2, 0.25) is 0 Å². The van der Waals surface area contributed by atoms with Gasteiger partial charge in [-0.15, -0.1) is 9.24 Å². The first-order chi connectivity index (χ1) is 1.91. The molecule has 0 bridgehead atoms. The lowest BCUT2D eigenvalue weighted by Gasteiger charge is -1.68. The molecule has 0 aromatic rings. The zero-order valence-electron chi connectivity index (χ0n) is 3.40. The van der Waals surface area contributed by atoms with Crippen LogP contribution in [-0.4, -0.2) is 6.16 Å².